The maximum absolute atomic E-state index is 12.0. The van der Waals surface area contributed by atoms with Gasteiger partial charge in [-0.2, -0.15) is 0 Å². The molecule has 0 aromatic heterocycles. The molecule has 0 aliphatic heterocycles. The predicted octanol–water partition coefficient (Wildman–Crippen LogP) is 1.03. The molecule has 1 aliphatic carbocycles. The van der Waals surface area contributed by atoms with Gasteiger partial charge in [-0.25, -0.2) is 13.6 Å². The fourth-order valence-corrected chi connectivity index (χ4v) is 2.67. The zero-order valence-electron chi connectivity index (χ0n) is 11.0. The number of carbonyl (C=O) groups excluding carboxylic acids is 1. The molecular weight excluding hydrogens is 264 g/mol. The Hall–Kier alpha value is -1.40. The summed E-state index contributed by atoms with van der Waals surface area (Å²) in [5, 5.41) is 7.92. The Balaban J connectivity index is 2.10. The van der Waals surface area contributed by atoms with Crippen molar-refractivity contribution in [3.05, 3.63) is 29.3 Å². The first kappa shape index (κ1) is 14.0. The molecule has 19 heavy (non-hydrogen) atoms. The molecule has 3 N–H and O–H groups in total. The molecule has 1 amide bonds. The van der Waals surface area contributed by atoms with Gasteiger partial charge in [0.15, 0.2) is 0 Å². The number of nitrogens with one attached hydrogen (secondary N) is 1. The minimum absolute atomic E-state index is 0.0253. The van der Waals surface area contributed by atoms with Gasteiger partial charge in [0.1, 0.15) is 0 Å². The third kappa shape index (κ3) is 3.33. The van der Waals surface area contributed by atoms with Gasteiger partial charge in [0.05, 0.1) is 4.90 Å². The molecule has 0 radical (unpaired) electrons. The Bertz CT molecular complexity index is 610. The summed E-state index contributed by atoms with van der Waals surface area (Å²) in [6, 6.07) is 4.28. The number of rotatable bonds is 4. The highest BCUT2D eigenvalue weighted by Crippen LogP contribution is 2.36. The first-order valence-corrected chi connectivity index (χ1v) is 7.75. The third-order valence-corrected chi connectivity index (χ3v) is 4.48. The van der Waals surface area contributed by atoms with E-state index in [-0.39, 0.29) is 10.8 Å². The van der Waals surface area contributed by atoms with Gasteiger partial charge in [0, 0.05) is 12.1 Å². The molecule has 1 saturated carbocycles. The van der Waals surface area contributed by atoms with E-state index in [2.05, 4.69) is 12.2 Å². The molecule has 6 heteroatoms. The molecule has 2 atom stereocenters. The molecule has 0 bridgehead atoms. The van der Waals surface area contributed by atoms with Crippen molar-refractivity contribution in [1.82, 2.24) is 5.32 Å². The Morgan fingerprint density at radius 3 is 2.58 bits per heavy atom. The third-order valence-electron chi connectivity index (χ3n) is 3.57. The fourth-order valence-electron chi connectivity index (χ4n) is 2.07. The van der Waals surface area contributed by atoms with Crippen molar-refractivity contribution in [3.8, 4) is 0 Å². The van der Waals surface area contributed by atoms with E-state index < -0.39 is 10.0 Å². The Morgan fingerprint density at radius 2 is 2.11 bits per heavy atom. The van der Waals surface area contributed by atoms with Crippen LogP contribution in [0.4, 0.5) is 0 Å². The van der Waals surface area contributed by atoms with Crippen LogP contribution in [0.25, 0.3) is 0 Å². The Kier molecular flexibility index (Phi) is 3.64. The van der Waals surface area contributed by atoms with Crippen molar-refractivity contribution in [1.29, 1.82) is 0 Å². The van der Waals surface area contributed by atoms with Crippen LogP contribution >= 0.6 is 0 Å². The van der Waals surface area contributed by atoms with Crippen LogP contribution in [-0.2, 0) is 10.0 Å². The molecule has 5 nitrogen and oxygen atoms in total. The predicted molar refractivity (Wildman–Crippen MR) is 72.2 cm³/mol. The summed E-state index contributed by atoms with van der Waals surface area (Å²) in [5.74, 6) is 1.09. The quantitative estimate of drug-likeness (QED) is 0.864. The van der Waals surface area contributed by atoms with E-state index in [0.717, 1.165) is 6.42 Å². The average Bonchev–Trinajstić information content (AvgIpc) is 3.01. The van der Waals surface area contributed by atoms with Crippen LogP contribution in [0.1, 0.15) is 29.3 Å². The molecule has 1 aromatic rings. The molecule has 0 spiro atoms. The molecule has 104 valence electrons. The summed E-state index contributed by atoms with van der Waals surface area (Å²) in [4.78, 5) is 12.0. The summed E-state index contributed by atoms with van der Waals surface area (Å²) in [6.07, 6.45) is 1.16. The van der Waals surface area contributed by atoms with Gasteiger partial charge < -0.3 is 5.32 Å². The normalized spacial score (nSPS) is 22.1. The van der Waals surface area contributed by atoms with Gasteiger partial charge in [-0.05, 0) is 48.9 Å². The molecule has 1 fully saturated rings. The van der Waals surface area contributed by atoms with Crippen LogP contribution in [0.3, 0.4) is 0 Å². The number of nitrogens with two attached hydrogens (primary N) is 1. The summed E-state index contributed by atoms with van der Waals surface area (Å²) in [5.41, 5.74) is 1.09. The number of hydrogen-bond acceptors (Lipinski definition) is 3. The number of hydrogen-bond donors (Lipinski definition) is 2. The summed E-state index contributed by atoms with van der Waals surface area (Å²) >= 11 is 0. The van der Waals surface area contributed by atoms with Crippen LogP contribution in [0.2, 0.25) is 0 Å². The van der Waals surface area contributed by atoms with Gasteiger partial charge in [-0.1, -0.05) is 6.92 Å². The van der Waals surface area contributed by atoms with Crippen molar-refractivity contribution in [2.75, 3.05) is 6.54 Å². The average molecular weight is 282 g/mol. The first-order valence-electron chi connectivity index (χ1n) is 6.20. The lowest BCUT2D eigenvalue weighted by atomic mass is 10.1. The highest BCUT2D eigenvalue weighted by Gasteiger charge is 2.32. The second-order valence-electron chi connectivity index (χ2n) is 5.20. The SMILES string of the molecule is Cc1cc(S(N)(=O)=O)ccc1C(=O)NCC1CC1C. The molecule has 2 unspecified atom stereocenters. The van der Waals surface area contributed by atoms with Crippen LogP contribution in [0.5, 0.6) is 0 Å². The zero-order chi connectivity index (χ0) is 14.2. The maximum atomic E-state index is 12.0. The zero-order valence-corrected chi connectivity index (χ0v) is 11.8. The summed E-state index contributed by atoms with van der Waals surface area (Å²) < 4.78 is 22.4. The molecular formula is C13H18N2O3S. The highest BCUT2D eigenvalue weighted by molar-refractivity contribution is 7.89. The molecule has 2 rings (SSSR count). The minimum Gasteiger partial charge on any atom is -0.352 e. The number of amides is 1. The van der Waals surface area contributed by atoms with Crippen molar-refractivity contribution < 1.29 is 13.2 Å². The summed E-state index contributed by atoms with van der Waals surface area (Å²) in [7, 11) is -3.72. The first-order chi connectivity index (χ1) is 8.79. The van der Waals surface area contributed by atoms with E-state index in [1.165, 1.54) is 18.2 Å². The van der Waals surface area contributed by atoms with Crippen molar-refractivity contribution in [3.63, 3.8) is 0 Å². The van der Waals surface area contributed by atoms with Crippen LogP contribution < -0.4 is 10.5 Å². The van der Waals surface area contributed by atoms with Gasteiger partial charge in [0.25, 0.3) is 5.91 Å². The van der Waals surface area contributed by atoms with E-state index >= 15 is 0 Å². The number of aryl methyl sites for hydroxylation is 1. The van der Waals surface area contributed by atoms with Gasteiger partial charge in [-0.3, -0.25) is 4.79 Å². The van der Waals surface area contributed by atoms with E-state index in [1.54, 1.807) is 6.92 Å². The second-order valence-corrected chi connectivity index (χ2v) is 6.77. The van der Waals surface area contributed by atoms with Crippen molar-refractivity contribution in [2.45, 2.75) is 25.2 Å². The Morgan fingerprint density at radius 1 is 1.47 bits per heavy atom. The van der Waals surface area contributed by atoms with Crippen molar-refractivity contribution in [2.24, 2.45) is 17.0 Å². The second kappa shape index (κ2) is 4.94. The van der Waals surface area contributed by atoms with Crippen LogP contribution in [0.15, 0.2) is 23.1 Å². The van der Waals surface area contributed by atoms with Crippen LogP contribution in [-0.4, -0.2) is 20.9 Å². The lowest BCUT2D eigenvalue weighted by Crippen LogP contribution is -2.26. The standard InChI is InChI=1S/C13H18N2O3S/c1-8-5-10(8)7-15-13(16)12-4-3-11(6-9(12)2)19(14,17)18/h3-4,6,8,10H,5,7H2,1-2H3,(H,15,16)(H2,14,17,18). The van der Waals surface area contributed by atoms with Crippen molar-refractivity contribution >= 4 is 15.9 Å². The molecule has 0 saturated heterocycles. The Labute approximate surface area is 113 Å². The highest BCUT2D eigenvalue weighted by atomic mass is 32.2. The lowest BCUT2D eigenvalue weighted by molar-refractivity contribution is 0.0950. The summed E-state index contributed by atoms with van der Waals surface area (Å²) in [6.45, 7) is 4.53. The van der Waals surface area contributed by atoms with E-state index in [0.29, 0.717) is 29.5 Å². The lowest BCUT2D eigenvalue weighted by Gasteiger charge is -2.08. The topological polar surface area (TPSA) is 89.3 Å². The fraction of sp³-hybridized carbons (Fsp3) is 0.462. The molecule has 1 aromatic carbocycles. The van der Waals surface area contributed by atoms with Crippen LogP contribution in [0, 0.1) is 18.8 Å². The van der Waals surface area contributed by atoms with Gasteiger partial charge in [0.2, 0.25) is 10.0 Å². The minimum atomic E-state index is -3.72. The largest absolute Gasteiger partial charge is 0.352 e. The van der Waals surface area contributed by atoms with Gasteiger partial charge in [-0.15, -0.1) is 0 Å². The number of carbonyl (C=O) groups is 1. The van der Waals surface area contributed by atoms with E-state index in [9.17, 15) is 13.2 Å². The number of benzene rings is 1. The maximum Gasteiger partial charge on any atom is 0.251 e. The van der Waals surface area contributed by atoms with Gasteiger partial charge >= 0.3 is 0 Å². The number of sulfonamides is 1. The molecule has 1 aliphatic rings. The molecule has 0 heterocycles. The van der Waals surface area contributed by atoms with E-state index in [1.807, 2.05) is 0 Å². The van der Waals surface area contributed by atoms with E-state index in [4.69, 9.17) is 5.14 Å². The smallest absolute Gasteiger partial charge is 0.251 e. The number of primary sulfonamides is 1. The monoisotopic (exact) mass is 282 g/mol.